The van der Waals surface area contributed by atoms with E-state index in [1.54, 1.807) is 19.2 Å². The molecular formula is C21H26N2O6S. The zero-order valence-corrected chi connectivity index (χ0v) is 17.9. The van der Waals surface area contributed by atoms with Gasteiger partial charge in [-0.3, -0.25) is 9.59 Å². The van der Waals surface area contributed by atoms with Crippen LogP contribution in [-0.4, -0.2) is 56.1 Å². The van der Waals surface area contributed by atoms with Crippen molar-refractivity contribution in [3.05, 3.63) is 65.7 Å². The highest BCUT2D eigenvalue weighted by atomic mass is 32.2. The first-order valence-corrected chi connectivity index (χ1v) is 10.8. The van der Waals surface area contributed by atoms with Crippen molar-refractivity contribution in [3.8, 4) is 0 Å². The smallest absolute Gasteiger partial charge is 0.327 e. The van der Waals surface area contributed by atoms with Gasteiger partial charge < -0.3 is 14.7 Å². The summed E-state index contributed by atoms with van der Waals surface area (Å²) in [4.78, 5) is 25.9. The summed E-state index contributed by atoms with van der Waals surface area (Å²) in [6.07, 6.45) is -1.37. The molecule has 2 aromatic rings. The number of likely N-dealkylation sites (N-methyl/N-ethyl adjacent to an activating group) is 1. The molecule has 0 aliphatic heterocycles. The third kappa shape index (κ3) is 6.65. The Morgan fingerprint density at radius 3 is 2.27 bits per heavy atom. The summed E-state index contributed by atoms with van der Waals surface area (Å²) in [7, 11) is -2.50. The molecule has 0 aliphatic carbocycles. The monoisotopic (exact) mass is 434 g/mol. The Morgan fingerprint density at radius 2 is 1.70 bits per heavy atom. The van der Waals surface area contributed by atoms with E-state index in [0.717, 1.165) is 11.1 Å². The summed E-state index contributed by atoms with van der Waals surface area (Å²) in [5, 5.41) is 9.88. The number of hydrogen-bond donors (Lipinski definition) is 2. The molecule has 2 aromatic carbocycles. The standard InChI is InChI=1S/C21H26N2O6S/c1-15-9-11-18(12-10-15)30(27,28)22-20(16(2)24)21(26)29-14-19(25)23(3)13-17-7-5-4-6-8-17/h4-12,16,20,22,24H,13-14H2,1-3H3/t16-,20-/m0/s1. The van der Waals surface area contributed by atoms with Crippen LogP contribution in [0.4, 0.5) is 0 Å². The maximum atomic E-state index is 12.5. The Bertz CT molecular complexity index is 959. The van der Waals surface area contributed by atoms with Crippen molar-refractivity contribution in [1.29, 1.82) is 0 Å². The van der Waals surface area contributed by atoms with Crippen LogP contribution >= 0.6 is 0 Å². The average molecular weight is 435 g/mol. The van der Waals surface area contributed by atoms with Crippen LogP contribution in [0.25, 0.3) is 0 Å². The second-order valence-corrected chi connectivity index (χ2v) is 8.71. The number of benzene rings is 2. The van der Waals surface area contributed by atoms with Crippen molar-refractivity contribution in [2.75, 3.05) is 13.7 Å². The number of ether oxygens (including phenoxy) is 1. The van der Waals surface area contributed by atoms with Gasteiger partial charge in [0.15, 0.2) is 6.61 Å². The van der Waals surface area contributed by atoms with E-state index in [1.807, 2.05) is 37.3 Å². The SMILES string of the molecule is Cc1ccc(S(=O)(=O)N[C@H](C(=O)OCC(=O)N(C)Cc2ccccc2)[C@H](C)O)cc1. The van der Waals surface area contributed by atoms with E-state index in [2.05, 4.69) is 4.72 Å². The molecule has 9 heteroatoms. The summed E-state index contributed by atoms with van der Waals surface area (Å²) in [6.45, 7) is 2.83. The third-order valence-electron chi connectivity index (χ3n) is 4.38. The highest BCUT2D eigenvalue weighted by Gasteiger charge is 2.31. The molecule has 0 spiro atoms. The van der Waals surface area contributed by atoms with Crippen LogP contribution < -0.4 is 4.72 Å². The van der Waals surface area contributed by atoms with E-state index >= 15 is 0 Å². The molecule has 0 unspecified atom stereocenters. The van der Waals surface area contributed by atoms with Crippen molar-refractivity contribution in [1.82, 2.24) is 9.62 Å². The number of sulfonamides is 1. The highest BCUT2D eigenvalue weighted by molar-refractivity contribution is 7.89. The largest absolute Gasteiger partial charge is 0.454 e. The normalized spacial score (nSPS) is 13.3. The first-order chi connectivity index (χ1) is 14.1. The first-order valence-electron chi connectivity index (χ1n) is 9.32. The molecule has 2 atom stereocenters. The number of aliphatic hydroxyl groups excluding tert-OH is 1. The van der Waals surface area contributed by atoms with E-state index in [-0.39, 0.29) is 4.90 Å². The zero-order chi connectivity index (χ0) is 22.3. The van der Waals surface area contributed by atoms with Gasteiger partial charge in [0, 0.05) is 13.6 Å². The lowest BCUT2D eigenvalue weighted by Gasteiger charge is -2.21. The van der Waals surface area contributed by atoms with Gasteiger partial charge in [0.25, 0.3) is 5.91 Å². The van der Waals surface area contributed by atoms with E-state index in [1.165, 1.54) is 24.0 Å². The molecule has 0 heterocycles. The van der Waals surface area contributed by atoms with Gasteiger partial charge in [-0.25, -0.2) is 8.42 Å². The second kappa shape index (κ2) is 10.3. The molecule has 1 amide bonds. The number of aryl methyl sites for hydroxylation is 1. The van der Waals surface area contributed by atoms with Gasteiger partial charge in [-0.2, -0.15) is 4.72 Å². The summed E-state index contributed by atoms with van der Waals surface area (Å²) in [6, 6.07) is 13.7. The number of aliphatic hydroxyl groups is 1. The van der Waals surface area contributed by atoms with Gasteiger partial charge in [0.2, 0.25) is 10.0 Å². The molecule has 0 aliphatic rings. The van der Waals surface area contributed by atoms with Crippen LogP contribution in [0.1, 0.15) is 18.1 Å². The zero-order valence-electron chi connectivity index (χ0n) is 17.1. The number of carbonyl (C=O) groups is 2. The van der Waals surface area contributed by atoms with Crippen LogP contribution in [0.3, 0.4) is 0 Å². The predicted molar refractivity (Wildman–Crippen MR) is 111 cm³/mol. The minimum atomic E-state index is -4.07. The van der Waals surface area contributed by atoms with Crippen LogP contribution in [0.5, 0.6) is 0 Å². The van der Waals surface area contributed by atoms with Crippen molar-refractivity contribution in [2.45, 2.75) is 37.4 Å². The van der Waals surface area contributed by atoms with Crippen LogP contribution in [0.2, 0.25) is 0 Å². The quantitative estimate of drug-likeness (QED) is 0.574. The molecule has 30 heavy (non-hydrogen) atoms. The summed E-state index contributed by atoms with van der Waals surface area (Å²) < 4.78 is 32.1. The van der Waals surface area contributed by atoms with E-state index in [4.69, 9.17) is 4.74 Å². The van der Waals surface area contributed by atoms with Crippen molar-refractivity contribution < 1.29 is 27.9 Å². The van der Waals surface area contributed by atoms with E-state index in [0.29, 0.717) is 6.54 Å². The molecule has 2 N–H and O–H groups in total. The van der Waals surface area contributed by atoms with Crippen LogP contribution in [0.15, 0.2) is 59.5 Å². The van der Waals surface area contributed by atoms with Gasteiger partial charge in [-0.05, 0) is 31.5 Å². The molecule has 2 rings (SSSR count). The molecule has 0 saturated carbocycles. The fourth-order valence-electron chi connectivity index (χ4n) is 2.57. The van der Waals surface area contributed by atoms with Gasteiger partial charge in [-0.1, -0.05) is 48.0 Å². The number of rotatable bonds is 9. The highest BCUT2D eigenvalue weighted by Crippen LogP contribution is 2.12. The Hall–Kier alpha value is -2.75. The van der Waals surface area contributed by atoms with E-state index in [9.17, 15) is 23.1 Å². The Morgan fingerprint density at radius 1 is 1.10 bits per heavy atom. The lowest BCUT2D eigenvalue weighted by Crippen LogP contribution is -2.49. The van der Waals surface area contributed by atoms with Crippen LogP contribution in [-0.2, 0) is 30.9 Å². The molecule has 0 bridgehead atoms. The summed E-state index contributed by atoms with van der Waals surface area (Å²) in [5.41, 5.74) is 1.78. The van der Waals surface area contributed by atoms with Gasteiger partial charge >= 0.3 is 5.97 Å². The Balaban J connectivity index is 1.98. The average Bonchev–Trinajstić information content (AvgIpc) is 2.70. The fraction of sp³-hybridized carbons (Fsp3) is 0.333. The minimum absolute atomic E-state index is 0.0507. The number of amides is 1. The number of esters is 1. The molecule has 162 valence electrons. The lowest BCUT2D eigenvalue weighted by molar-refractivity contribution is -0.155. The fourth-order valence-corrected chi connectivity index (χ4v) is 3.83. The minimum Gasteiger partial charge on any atom is -0.454 e. The van der Waals surface area contributed by atoms with Crippen LogP contribution in [0, 0.1) is 6.92 Å². The third-order valence-corrected chi connectivity index (χ3v) is 5.83. The maximum absolute atomic E-state index is 12.5. The second-order valence-electron chi connectivity index (χ2n) is 7.00. The number of hydrogen-bond acceptors (Lipinski definition) is 6. The van der Waals surface area contributed by atoms with Gasteiger partial charge in [-0.15, -0.1) is 0 Å². The molecule has 0 fully saturated rings. The summed E-state index contributed by atoms with van der Waals surface area (Å²) >= 11 is 0. The molecule has 0 saturated heterocycles. The van der Waals surface area contributed by atoms with Gasteiger partial charge in [0.05, 0.1) is 11.0 Å². The van der Waals surface area contributed by atoms with Crippen molar-refractivity contribution in [2.24, 2.45) is 0 Å². The Labute approximate surface area is 176 Å². The molecule has 8 nitrogen and oxygen atoms in total. The topological polar surface area (TPSA) is 113 Å². The molecule has 0 radical (unpaired) electrons. The molecular weight excluding hydrogens is 408 g/mol. The maximum Gasteiger partial charge on any atom is 0.327 e. The number of carbonyl (C=O) groups excluding carboxylic acids is 2. The first kappa shape index (κ1) is 23.5. The number of nitrogens with one attached hydrogen (secondary N) is 1. The van der Waals surface area contributed by atoms with Gasteiger partial charge in [0.1, 0.15) is 6.04 Å². The number of nitrogens with zero attached hydrogens (tertiary/aromatic N) is 1. The van der Waals surface area contributed by atoms with E-state index < -0.39 is 40.7 Å². The Kier molecular flexibility index (Phi) is 8.10. The summed E-state index contributed by atoms with van der Waals surface area (Å²) in [5.74, 6) is -1.50. The van der Waals surface area contributed by atoms with Crippen molar-refractivity contribution in [3.63, 3.8) is 0 Å². The predicted octanol–water partition coefficient (Wildman–Crippen LogP) is 1.22. The lowest BCUT2D eigenvalue weighted by atomic mass is 10.2. The molecule has 0 aromatic heterocycles. The van der Waals surface area contributed by atoms with Crippen molar-refractivity contribution >= 4 is 21.9 Å².